The second kappa shape index (κ2) is 5.74. The third-order valence-corrected chi connectivity index (χ3v) is 4.20. The lowest BCUT2D eigenvalue weighted by molar-refractivity contribution is 0.153. The van der Waals surface area contributed by atoms with Crippen LogP contribution < -0.4 is 0 Å². The average Bonchev–Trinajstić information content (AvgIpc) is 2.68. The van der Waals surface area contributed by atoms with E-state index in [1.807, 2.05) is 7.05 Å². The number of amidine groups is 1. The Balaban J connectivity index is 2.12. The third kappa shape index (κ3) is 2.75. The van der Waals surface area contributed by atoms with Gasteiger partial charge in [0.1, 0.15) is 6.10 Å². The Morgan fingerprint density at radius 3 is 2.76 bits per heavy atom. The van der Waals surface area contributed by atoms with Crippen LogP contribution in [0.25, 0.3) is 0 Å². The van der Waals surface area contributed by atoms with E-state index in [4.69, 9.17) is 4.74 Å². The molecular weight excluding hydrogens is 212 g/mol. The number of fused-ring (bicyclic) bond motifs is 1. The Hall–Kier alpha value is -0.730. The molecule has 0 aromatic heterocycles. The van der Waals surface area contributed by atoms with Gasteiger partial charge in [-0.15, -0.1) is 0 Å². The molecule has 1 heterocycles. The minimum atomic E-state index is 0.377. The lowest BCUT2D eigenvalue weighted by Crippen LogP contribution is -2.37. The van der Waals surface area contributed by atoms with Gasteiger partial charge < -0.3 is 9.64 Å². The van der Waals surface area contributed by atoms with Crippen molar-refractivity contribution < 1.29 is 4.74 Å². The lowest BCUT2D eigenvalue weighted by Gasteiger charge is -2.24. The van der Waals surface area contributed by atoms with Gasteiger partial charge in [-0.1, -0.05) is 32.6 Å². The lowest BCUT2D eigenvalue weighted by atomic mass is 9.95. The first kappa shape index (κ1) is 12.7. The second-order valence-electron chi connectivity index (χ2n) is 5.49. The van der Waals surface area contributed by atoms with Gasteiger partial charge in [-0.3, -0.25) is 0 Å². The maximum absolute atomic E-state index is 6.06. The predicted octanol–water partition coefficient (Wildman–Crippen LogP) is 3.05. The summed E-state index contributed by atoms with van der Waals surface area (Å²) in [7, 11) is 1.84. The van der Waals surface area contributed by atoms with E-state index in [1.54, 1.807) is 0 Å². The van der Waals surface area contributed by atoms with Crippen molar-refractivity contribution in [1.29, 1.82) is 0 Å². The Bertz CT molecular complexity index is 277. The molecule has 2 fully saturated rings. The zero-order valence-corrected chi connectivity index (χ0v) is 11.5. The highest BCUT2D eigenvalue weighted by molar-refractivity contribution is 5.76. The van der Waals surface area contributed by atoms with Crippen molar-refractivity contribution in [2.45, 2.75) is 64.5 Å². The summed E-state index contributed by atoms with van der Waals surface area (Å²) in [5.74, 6) is 0.788. The van der Waals surface area contributed by atoms with E-state index in [9.17, 15) is 0 Å². The molecule has 2 rings (SSSR count). The summed E-state index contributed by atoms with van der Waals surface area (Å²) in [4.78, 5) is 6.66. The Labute approximate surface area is 105 Å². The fourth-order valence-corrected chi connectivity index (χ4v) is 3.26. The molecule has 0 spiro atoms. The molecule has 0 radical (unpaired) electrons. The number of likely N-dealkylation sites (N-methyl/N-ethyl adjacent to an activating group) is 1. The summed E-state index contributed by atoms with van der Waals surface area (Å²) < 4.78 is 6.06. The van der Waals surface area contributed by atoms with Crippen molar-refractivity contribution in [2.75, 3.05) is 13.6 Å². The summed E-state index contributed by atoms with van der Waals surface area (Å²) in [6.45, 7) is 5.58. The minimum absolute atomic E-state index is 0.377. The van der Waals surface area contributed by atoms with Gasteiger partial charge in [0, 0.05) is 13.6 Å². The highest BCUT2D eigenvalue weighted by atomic mass is 16.5. The maximum atomic E-state index is 6.06. The molecule has 1 aliphatic carbocycles. The van der Waals surface area contributed by atoms with Crippen molar-refractivity contribution in [1.82, 2.24) is 4.90 Å². The van der Waals surface area contributed by atoms with Gasteiger partial charge in [-0.2, -0.15) is 0 Å². The van der Waals surface area contributed by atoms with E-state index in [2.05, 4.69) is 23.7 Å². The van der Waals surface area contributed by atoms with Gasteiger partial charge in [0.2, 0.25) is 0 Å². The van der Waals surface area contributed by atoms with E-state index >= 15 is 0 Å². The van der Waals surface area contributed by atoms with E-state index < -0.39 is 0 Å². The quantitative estimate of drug-likeness (QED) is 0.701. The molecule has 1 aliphatic heterocycles. The van der Waals surface area contributed by atoms with Crippen LogP contribution in [0.3, 0.4) is 0 Å². The van der Waals surface area contributed by atoms with E-state index in [0.717, 1.165) is 18.5 Å². The predicted molar refractivity (Wildman–Crippen MR) is 71.3 cm³/mol. The molecule has 17 heavy (non-hydrogen) atoms. The molecular formula is C14H26N2O. The molecule has 1 saturated carbocycles. The van der Waals surface area contributed by atoms with Crippen LogP contribution in [0.5, 0.6) is 0 Å². The van der Waals surface area contributed by atoms with Crippen LogP contribution in [0.2, 0.25) is 0 Å². The average molecular weight is 238 g/mol. The fraction of sp³-hybridized carbons (Fsp3) is 0.929. The largest absolute Gasteiger partial charge is 0.460 e. The van der Waals surface area contributed by atoms with Gasteiger partial charge in [-0.05, 0) is 25.7 Å². The van der Waals surface area contributed by atoms with E-state index in [-0.39, 0.29) is 0 Å². The highest BCUT2D eigenvalue weighted by Gasteiger charge is 2.39. The first-order chi connectivity index (χ1) is 8.26. The molecule has 3 atom stereocenters. The van der Waals surface area contributed by atoms with Crippen molar-refractivity contribution in [2.24, 2.45) is 10.9 Å². The van der Waals surface area contributed by atoms with Gasteiger partial charge in [-0.25, -0.2) is 4.99 Å². The van der Waals surface area contributed by atoms with E-state index in [1.165, 1.54) is 38.5 Å². The Kier molecular flexibility index (Phi) is 4.30. The molecule has 0 aromatic carbocycles. The normalized spacial score (nSPS) is 37.0. The Morgan fingerprint density at radius 2 is 2.06 bits per heavy atom. The molecule has 0 N–H and O–H groups in total. The van der Waals surface area contributed by atoms with Crippen LogP contribution in [0.4, 0.5) is 0 Å². The number of hydrogen-bond acceptors (Lipinski definition) is 2. The molecule has 2 aliphatic rings. The monoisotopic (exact) mass is 238 g/mol. The SMILES string of the molecule is CCN1C(=NC)OC2CC(C)CCCCCC21. The topological polar surface area (TPSA) is 24.8 Å². The Morgan fingerprint density at radius 1 is 1.29 bits per heavy atom. The van der Waals surface area contributed by atoms with Crippen LogP contribution in [0.1, 0.15) is 52.4 Å². The smallest absolute Gasteiger partial charge is 0.287 e. The van der Waals surface area contributed by atoms with Crippen LogP contribution in [0, 0.1) is 5.92 Å². The molecule has 3 heteroatoms. The molecule has 0 aromatic rings. The van der Waals surface area contributed by atoms with Crippen molar-refractivity contribution >= 4 is 6.02 Å². The van der Waals surface area contributed by atoms with Crippen LogP contribution >= 0.6 is 0 Å². The van der Waals surface area contributed by atoms with Crippen molar-refractivity contribution in [3.05, 3.63) is 0 Å². The molecule has 0 amide bonds. The summed E-state index contributed by atoms with van der Waals surface area (Å²) in [6, 6.07) is 1.44. The first-order valence-electron chi connectivity index (χ1n) is 7.16. The highest BCUT2D eigenvalue weighted by Crippen LogP contribution is 2.31. The number of ether oxygens (including phenoxy) is 1. The number of aliphatic imine (C=N–C) groups is 1. The zero-order valence-electron chi connectivity index (χ0n) is 11.5. The molecule has 1 saturated heterocycles. The minimum Gasteiger partial charge on any atom is -0.460 e. The maximum Gasteiger partial charge on any atom is 0.287 e. The summed E-state index contributed by atoms with van der Waals surface area (Å²) in [6.07, 6.45) is 8.30. The van der Waals surface area contributed by atoms with Gasteiger partial charge in [0.15, 0.2) is 0 Å². The number of nitrogens with zero attached hydrogens (tertiary/aromatic N) is 2. The fourth-order valence-electron chi connectivity index (χ4n) is 3.26. The van der Waals surface area contributed by atoms with Crippen LogP contribution in [-0.4, -0.2) is 36.7 Å². The molecule has 3 unspecified atom stereocenters. The third-order valence-electron chi connectivity index (χ3n) is 4.20. The molecule has 98 valence electrons. The van der Waals surface area contributed by atoms with Crippen molar-refractivity contribution in [3.8, 4) is 0 Å². The van der Waals surface area contributed by atoms with Crippen molar-refractivity contribution in [3.63, 3.8) is 0 Å². The molecule has 0 bridgehead atoms. The number of rotatable bonds is 1. The van der Waals surface area contributed by atoms with Gasteiger partial charge in [0.25, 0.3) is 6.02 Å². The second-order valence-corrected chi connectivity index (χ2v) is 5.49. The summed E-state index contributed by atoms with van der Waals surface area (Å²) in [5.41, 5.74) is 0. The van der Waals surface area contributed by atoms with Gasteiger partial charge in [0.05, 0.1) is 6.04 Å². The zero-order chi connectivity index (χ0) is 12.3. The van der Waals surface area contributed by atoms with E-state index in [0.29, 0.717) is 12.1 Å². The van der Waals surface area contributed by atoms with Crippen LogP contribution in [-0.2, 0) is 4.74 Å². The standard InChI is InChI=1S/C14H26N2O/c1-4-16-12-9-7-5-6-8-11(2)10-13(12)17-14(16)15-3/h11-13H,4-10H2,1-3H3. The summed E-state index contributed by atoms with van der Waals surface area (Å²) >= 11 is 0. The van der Waals surface area contributed by atoms with Gasteiger partial charge >= 0.3 is 0 Å². The summed E-state index contributed by atoms with van der Waals surface area (Å²) in [5, 5.41) is 0. The first-order valence-corrected chi connectivity index (χ1v) is 7.16. The molecule has 3 nitrogen and oxygen atoms in total. The van der Waals surface area contributed by atoms with Crippen LogP contribution in [0.15, 0.2) is 4.99 Å². The number of hydrogen-bond donors (Lipinski definition) is 0.